The normalized spacial score (nSPS) is 22.5. The zero-order valence-corrected chi connectivity index (χ0v) is 13.6. The van der Waals surface area contributed by atoms with Gasteiger partial charge >= 0.3 is 0 Å². The minimum Gasteiger partial charge on any atom is -0.464 e. The van der Waals surface area contributed by atoms with Gasteiger partial charge in [0.05, 0.1) is 6.26 Å². The van der Waals surface area contributed by atoms with Gasteiger partial charge in [0, 0.05) is 18.5 Å². The third-order valence-electron chi connectivity index (χ3n) is 5.17. The molecule has 2 heteroatoms. The first-order chi connectivity index (χ1) is 11.3. The van der Waals surface area contributed by atoms with E-state index in [1.807, 2.05) is 6.26 Å². The first-order valence-corrected chi connectivity index (χ1v) is 8.53. The van der Waals surface area contributed by atoms with E-state index in [-0.39, 0.29) is 0 Å². The highest BCUT2D eigenvalue weighted by Gasteiger charge is 2.28. The van der Waals surface area contributed by atoms with Crippen molar-refractivity contribution < 1.29 is 4.42 Å². The molecule has 0 aliphatic carbocycles. The number of furan rings is 1. The minimum absolute atomic E-state index is 0.628. The van der Waals surface area contributed by atoms with Crippen molar-refractivity contribution in [2.24, 2.45) is 5.92 Å². The van der Waals surface area contributed by atoms with E-state index in [2.05, 4.69) is 66.4 Å². The van der Waals surface area contributed by atoms with Crippen LogP contribution in [0.25, 0.3) is 11.0 Å². The maximum atomic E-state index is 5.57. The van der Waals surface area contributed by atoms with Gasteiger partial charge in [0.15, 0.2) is 0 Å². The minimum atomic E-state index is 0.628. The molecule has 0 unspecified atom stereocenters. The van der Waals surface area contributed by atoms with Gasteiger partial charge in [0.2, 0.25) is 0 Å². The highest BCUT2D eigenvalue weighted by atomic mass is 16.3. The summed E-state index contributed by atoms with van der Waals surface area (Å²) >= 11 is 0. The Morgan fingerprint density at radius 1 is 1.04 bits per heavy atom. The van der Waals surface area contributed by atoms with Crippen LogP contribution >= 0.6 is 0 Å². The predicted molar refractivity (Wildman–Crippen MR) is 94.5 cm³/mol. The molecule has 0 amide bonds. The van der Waals surface area contributed by atoms with Crippen LogP contribution < -0.4 is 0 Å². The highest BCUT2D eigenvalue weighted by molar-refractivity contribution is 5.81. The van der Waals surface area contributed by atoms with E-state index in [0.717, 1.165) is 25.2 Å². The lowest BCUT2D eigenvalue weighted by Gasteiger charge is -2.37. The molecule has 1 saturated heterocycles. The standard InChI is InChI=1S/C21H23NO/c1-16-14-22(15-17-6-3-2-4-7-17)12-10-18(16)19-8-5-9-21-20(19)11-13-23-21/h2-9,11,13,16,18H,10,12,14-15H2,1H3/t16-,18+/m1/s1. The van der Waals surface area contributed by atoms with Gasteiger partial charge < -0.3 is 4.42 Å². The third kappa shape index (κ3) is 2.91. The first kappa shape index (κ1) is 14.5. The quantitative estimate of drug-likeness (QED) is 0.672. The second-order valence-corrected chi connectivity index (χ2v) is 6.77. The smallest absolute Gasteiger partial charge is 0.134 e. The molecule has 1 aliphatic heterocycles. The lowest BCUT2D eigenvalue weighted by molar-refractivity contribution is 0.156. The Hall–Kier alpha value is -2.06. The molecular weight excluding hydrogens is 282 g/mol. The monoisotopic (exact) mass is 305 g/mol. The number of benzene rings is 2. The molecule has 2 atom stereocenters. The lowest BCUT2D eigenvalue weighted by Crippen LogP contribution is -2.37. The molecule has 3 aromatic rings. The van der Waals surface area contributed by atoms with E-state index in [1.54, 1.807) is 0 Å². The Morgan fingerprint density at radius 2 is 1.91 bits per heavy atom. The van der Waals surface area contributed by atoms with Gasteiger partial charge in [0.25, 0.3) is 0 Å². The highest BCUT2D eigenvalue weighted by Crippen LogP contribution is 2.37. The Bertz CT molecular complexity index is 777. The van der Waals surface area contributed by atoms with Gasteiger partial charge in [0.1, 0.15) is 5.58 Å². The molecule has 0 saturated carbocycles. The van der Waals surface area contributed by atoms with E-state index in [4.69, 9.17) is 4.42 Å². The van der Waals surface area contributed by atoms with Crippen LogP contribution in [0.2, 0.25) is 0 Å². The van der Waals surface area contributed by atoms with Crippen LogP contribution in [-0.4, -0.2) is 18.0 Å². The van der Waals surface area contributed by atoms with Crippen molar-refractivity contribution in [3.63, 3.8) is 0 Å². The van der Waals surface area contributed by atoms with Gasteiger partial charge in [-0.2, -0.15) is 0 Å². The summed E-state index contributed by atoms with van der Waals surface area (Å²) in [5.41, 5.74) is 3.89. The van der Waals surface area contributed by atoms with Crippen molar-refractivity contribution in [2.45, 2.75) is 25.8 Å². The molecule has 1 aliphatic rings. The second kappa shape index (κ2) is 6.21. The van der Waals surface area contributed by atoms with Crippen LogP contribution in [0.3, 0.4) is 0 Å². The fourth-order valence-corrected chi connectivity index (χ4v) is 4.02. The summed E-state index contributed by atoms with van der Waals surface area (Å²) in [4.78, 5) is 2.59. The Kier molecular flexibility index (Phi) is 3.92. The van der Waals surface area contributed by atoms with E-state index in [9.17, 15) is 0 Å². The molecule has 118 valence electrons. The maximum Gasteiger partial charge on any atom is 0.134 e. The fourth-order valence-electron chi connectivity index (χ4n) is 4.02. The average Bonchev–Trinajstić information content (AvgIpc) is 3.05. The lowest BCUT2D eigenvalue weighted by atomic mass is 9.80. The van der Waals surface area contributed by atoms with Crippen LogP contribution in [0, 0.1) is 5.92 Å². The molecule has 4 rings (SSSR count). The number of rotatable bonds is 3. The summed E-state index contributed by atoms with van der Waals surface area (Å²) in [6.07, 6.45) is 3.03. The van der Waals surface area contributed by atoms with Crippen LogP contribution in [0.1, 0.15) is 30.4 Å². The van der Waals surface area contributed by atoms with E-state index in [1.165, 1.54) is 22.9 Å². The summed E-state index contributed by atoms with van der Waals surface area (Å²) in [5.74, 6) is 1.29. The second-order valence-electron chi connectivity index (χ2n) is 6.77. The van der Waals surface area contributed by atoms with Crippen molar-refractivity contribution in [3.05, 3.63) is 72.0 Å². The zero-order chi connectivity index (χ0) is 15.6. The fraction of sp³-hybridized carbons (Fsp3) is 0.333. The number of hydrogen-bond donors (Lipinski definition) is 0. The van der Waals surface area contributed by atoms with Crippen LogP contribution in [0.4, 0.5) is 0 Å². The summed E-state index contributed by atoms with van der Waals surface area (Å²) in [6, 6.07) is 19.4. The maximum absolute atomic E-state index is 5.57. The Balaban J connectivity index is 1.50. The van der Waals surface area contributed by atoms with Gasteiger partial charge in [-0.3, -0.25) is 4.90 Å². The number of likely N-dealkylation sites (tertiary alicyclic amines) is 1. The molecule has 2 heterocycles. The molecule has 1 fully saturated rings. The summed E-state index contributed by atoms with van der Waals surface area (Å²) < 4.78 is 5.57. The molecule has 23 heavy (non-hydrogen) atoms. The summed E-state index contributed by atoms with van der Waals surface area (Å²) in [6.45, 7) is 5.78. The molecule has 0 N–H and O–H groups in total. The van der Waals surface area contributed by atoms with Crippen LogP contribution in [-0.2, 0) is 6.54 Å². The molecule has 2 nitrogen and oxygen atoms in total. The summed E-state index contributed by atoms with van der Waals surface area (Å²) in [5, 5.41) is 1.29. The SMILES string of the molecule is C[C@@H]1CN(Cc2ccccc2)CC[C@@H]1c1cccc2occc12. The number of hydrogen-bond acceptors (Lipinski definition) is 2. The van der Waals surface area contributed by atoms with E-state index < -0.39 is 0 Å². The Labute approximate surface area is 137 Å². The van der Waals surface area contributed by atoms with E-state index >= 15 is 0 Å². The predicted octanol–water partition coefficient (Wildman–Crippen LogP) is 5.06. The van der Waals surface area contributed by atoms with Crippen molar-refractivity contribution >= 4 is 11.0 Å². The van der Waals surface area contributed by atoms with Crippen molar-refractivity contribution in [1.29, 1.82) is 0 Å². The molecule has 0 bridgehead atoms. The van der Waals surface area contributed by atoms with Gasteiger partial charge in [-0.25, -0.2) is 0 Å². The van der Waals surface area contributed by atoms with Crippen LogP contribution in [0.15, 0.2) is 65.3 Å². The van der Waals surface area contributed by atoms with Crippen molar-refractivity contribution in [2.75, 3.05) is 13.1 Å². The van der Waals surface area contributed by atoms with E-state index in [0.29, 0.717) is 11.8 Å². The molecule has 1 aromatic heterocycles. The summed E-state index contributed by atoms with van der Waals surface area (Å²) in [7, 11) is 0. The number of fused-ring (bicyclic) bond motifs is 1. The largest absolute Gasteiger partial charge is 0.464 e. The topological polar surface area (TPSA) is 16.4 Å². The van der Waals surface area contributed by atoms with Gasteiger partial charge in [-0.05, 0) is 48.1 Å². The number of piperidine rings is 1. The Morgan fingerprint density at radius 3 is 2.74 bits per heavy atom. The first-order valence-electron chi connectivity index (χ1n) is 8.53. The average molecular weight is 305 g/mol. The van der Waals surface area contributed by atoms with Gasteiger partial charge in [-0.15, -0.1) is 0 Å². The zero-order valence-electron chi connectivity index (χ0n) is 13.6. The molecule has 0 radical (unpaired) electrons. The van der Waals surface area contributed by atoms with Crippen molar-refractivity contribution in [1.82, 2.24) is 4.90 Å². The van der Waals surface area contributed by atoms with Crippen LogP contribution in [0.5, 0.6) is 0 Å². The molecule has 0 spiro atoms. The molecule has 2 aromatic carbocycles. The third-order valence-corrected chi connectivity index (χ3v) is 5.17. The molecular formula is C21H23NO. The van der Waals surface area contributed by atoms with Gasteiger partial charge in [-0.1, -0.05) is 49.4 Å². The van der Waals surface area contributed by atoms with Crippen molar-refractivity contribution in [3.8, 4) is 0 Å². The number of nitrogens with zero attached hydrogens (tertiary/aromatic N) is 1.